The first-order valence-corrected chi connectivity index (χ1v) is 6.74. The van der Waals surface area contributed by atoms with Crippen molar-refractivity contribution in [2.24, 2.45) is 0 Å². The molecule has 2 nitrogen and oxygen atoms in total. The predicted octanol–water partition coefficient (Wildman–Crippen LogP) is 2.96. The molecule has 2 rings (SSSR count). The van der Waals surface area contributed by atoms with Crippen molar-refractivity contribution in [2.45, 2.75) is 30.3 Å². The quantitative estimate of drug-likeness (QED) is 0.716. The Morgan fingerprint density at radius 3 is 2.87 bits per heavy atom. The second-order valence-electron chi connectivity index (χ2n) is 4.13. The molecule has 0 radical (unpaired) electrons. The first-order chi connectivity index (χ1) is 7.31. The van der Waals surface area contributed by atoms with E-state index >= 15 is 0 Å². The minimum absolute atomic E-state index is 0.585. The van der Waals surface area contributed by atoms with Gasteiger partial charge in [0.25, 0.3) is 0 Å². The Morgan fingerprint density at radius 1 is 1.40 bits per heavy atom. The molecule has 1 aliphatic rings. The summed E-state index contributed by atoms with van der Waals surface area (Å²) in [5.41, 5.74) is 1.37. The fourth-order valence-electron chi connectivity index (χ4n) is 2.21. The van der Waals surface area contributed by atoms with Crippen molar-refractivity contribution < 1.29 is 0 Å². The molecule has 0 N–H and O–H groups in total. The summed E-state index contributed by atoms with van der Waals surface area (Å²) < 4.78 is 0. The number of likely N-dealkylation sites (tertiary alicyclic amines) is 1. The smallest absolute Gasteiger partial charge is 0.0957 e. The van der Waals surface area contributed by atoms with Gasteiger partial charge >= 0.3 is 0 Å². The molecule has 2 heterocycles. The highest BCUT2D eigenvalue weighted by Gasteiger charge is 2.20. The van der Waals surface area contributed by atoms with Crippen LogP contribution in [0.3, 0.4) is 0 Å². The summed E-state index contributed by atoms with van der Waals surface area (Å²) in [6.07, 6.45) is 8.06. The molecule has 0 amide bonds. The molecule has 0 bridgehead atoms. The minimum atomic E-state index is 0.585. The van der Waals surface area contributed by atoms with Crippen LogP contribution in [0, 0.1) is 0 Å². The van der Waals surface area contributed by atoms with Gasteiger partial charge in [0.15, 0.2) is 0 Å². The van der Waals surface area contributed by atoms with Gasteiger partial charge in [0.1, 0.15) is 0 Å². The number of nitrogens with zero attached hydrogens (tertiary/aromatic N) is 2. The van der Waals surface area contributed by atoms with Crippen molar-refractivity contribution in [3.63, 3.8) is 0 Å². The van der Waals surface area contributed by atoms with E-state index in [-0.39, 0.29) is 0 Å². The van der Waals surface area contributed by atoms with Crippen molar-refractivity contribution >= 4 is 11.8 Å². The van der Waals surface area contributed by atoms with Crippen LogP contribution >= 0.6 is 11.8 Å². The van der Waals surface area contributed by atoms with E-state index in [9.17, 15) is 0 Å². The summed E-state index contributed by atoms with van der Waals surface area (Å²) in [6.45, 7) is 1.22. The molecule has 0 saturated carbocycles. The first kappa shape index (κ1) is 11.0. The van der Waals surface area contributed by atoms with Gasteiger partial charge in [0.05, 0.1) is 5.03 Å². The largest absolute Gasteiger partial charge is 0.299 e. The molecule has 1 aliphatic heterocycles. The molecule has 0 aromatic carbocycles. The van der Waals surface area contributed by atoms with E-state index < -0.39 is 0 Å². The second-order valence-corrected chi connectivity index (χ2v) is 4.95. The fourth-order valence-corrected chi connectivity index (χ4v) is 2.57. The lowest BCUT2D eigenvalue weighted by Crippen LogP contribution is -2.29. The van der Waals surface area contributed by atoms with Gasteiger partial charge in [-0.15, -0.1) is 11.8 Å². The third kappa shape index (κ3) is 2.52. The molecule has 1 aromatic heterocycles. The van der Waals surface area contributed by atoms with Crippen LogP contribution in [-0.4, -0.2) is 29.7 Å². The summed E-state index contributed by atoms with van der Waals surface area (Å²) in [5.74, 6) is 0. The number of hydrogen-bond donors (Lipinski definition) is 0. The Labute approximate surface area is 96.1 Å². The van der Waals surface area contributed by atoms with E-state index in [4.69, 9.17) is 0 Å². The zero-order valence-corrected chi connectivity index (χ0v) is 10.3. The van der Waals surface area contributed by atoms with Crippen molar-refractivity contribution in [3.05, 3.63) is 23.9 Å². The maximum atomic E-state index is 4.44. The standard InChI is InChI=1S/C12H18N2S/c1-14-8-4-3-5-11(14)10-6-7-12(15-2)13-9-10/h6-7,9,11H,3-5,8H2,1-2H3. The number of rotatable bonds is 2. The van der Waals surface area contributed by atoms with Crippen LogP contribution in [0.5, 0.6) is 0 Å². The maximum absolute atomic E-state index is 4.44. The highest BCUT2D eigenvalue weighted by atomic mass is 32.2. The van der Waals surface area contributed by atoms with Gasteiger partial charge < -0.3 is 0 Å². The van der Waals surface area contributed by atoms with Crippen molar-refractivity contribution in [3.8, 4) is 0 Å². The number of aromatic nitrogens is 1. The van der Waals surface area contributed by atoms with Crippen molar-refractivity contribution in [1.29, 1.82) is 0 Å². The molecule has 0 spiro atoms. The Hall–Kier alpha value is -0.540. The van der Waals surface area contributed by atoms with Gasteiger partial charge in [-0.05, 0) is 44.3 Å². The van der Waals surface area contributed by atoms with Gasteiger partial charge in [-0.25, -0.2) is 4.98 Å². The maximum Gasteiger partial charge on any atom is 0.0957 e. The zero-order valence-electron chi connectivity index (χ0n) is 9.44. The Kier molecular flexibility index (Phi) is 3.65. The molecule has 1 fully saturated rings. The lowest BCUT2D eigenvalue weighted by Gasteiger charge is -2.32. The lowest BCUT2D eigenvalue weighted by molar-refractivity contribution is 0.187. The molecular weight excluding hydrogens is 204 g/mol. The van der Waals surface area contributed by atoms with Crippen molar-refractivity contribution in [2.75, 3.05) is 19.8 Å². The van der Waals surface area contributed by atoms with E-state index in [0.29, 0.717) is 6.04 Å². The van der Waals surface area contributed by atoms with E-state index in [0.717, 1.165) is 5.03 Å². The van der Waals surface area contributed by atoms with Crippen LogP contribution in [0.4, 0.5) is 0 Å². The molecule has 82 valence electrons. The van der Waals surface area contributed by atoms with E-state index in [2.05, 4.69) is 35.3 Å². The van der Waals surface area contributed by atoms with Gasteiger partial charge in [-0.3, -0.25) is 4.90 Å². The molecular formula is C12H18N2S. The minimum Gasteiger partial charge on any atom is -0.299 e. The molecule has 1 atom stereocenters. The highest BCUT2D eigenvalue weighted by molar-refractivity contribution is 7.98. The Morgan fingerprint density at radius 2 is 2.27 bits per heavy atom. The Bertz CT molecular complexity index is 310. The molecule has 15 heavy (non-hydrogen) atoms. The lowest BCUT2D eigenvalue weighted by atomic mass is 9.97. The van der Waals surface area contributed by atoms with Crippen LogP contribution < -0.4 is 0 Å². The van der Waals surface area contributed by atoms with Crippen molar-refractivity contribution in [1.82, 2.24) is 9.88 Å². The Balaban J connectivity index is 2.13. The predicted molar refractivity (Wildman–Crippen MR) is 65.2 cm³/mol. The summed E-state index contributed by atoms with van der Waals surface area (Å²) in [5, 5.41) is 1.11. The topological polar surface area (TPSA) is 16.1 Å². The van der Waals surface area contributed by atoms with E-state index in [1.54, 1.807) is 11.8 Å². The molecule has 3 heteroatoms. The number of thioether (sulfide) groups is 1. The SMILES string of the molecule is CSc1ccc(C2CCCCN2C)cn1. The first-order valence-electron chi connectivity index (χ1n) is 5.51. The van der Waals surface area contributed by atoms with Crippen LogP contribution in [0.2, 0.25) is 0 Å². The van der Waals surface area contributed by atoms with Crippen LogP contribution in [-0.2, 0) is 0 Å². The monoisotopic (exact) mass is 222 g/mol. The van der Waals surface area contributed by atoms with Gasteiger partial charge in [-0.1, -0.05) is 12.5 Å². The molecule has 1 unspecified atom stereocenters. The summed E-state index contributed by atoms with van der Waals surface area (Å²) in [4.78, 5) is 6.89. The molecule has 1 aromatic rings. The molecule has 1 saturated heterocycles. The highest BCUT2D eigenvalue weighted by Crippen LogP contribution is 2.29. The van der Waals surface area contributed by atoms with Gasteiger partial charge in [-0.2, -0.15) is 0 Å². The van der Waals surface area contributed by atoms with E-state index in [1.165, 1.54) is 31.4 Å². The third-order valence-corrected chi connectivity index (χ3v) is 3.78. The molecule has 0 aliphatic carbocycles. The average Bonchev–Trinajstić information content (AvgIpc) is 2.30. The summed E-state index contributed by atoms with van der Waals surface area (Å²) >= 11 is 1.70. The van der Waals surface area contributed by atoms with Crippen LogP contribution in [0.15, 0.2) is 23.4 Å². The van der Waals surface area contributed by atoms with Crippen LogP contribution in [0.1, 0.15) is 30.9 Å². The average molecular weight is 222 g/mol. The normalized spacial score (nSPS) is 22.9. The third-order valence-electron chi connectivity index (χ3n) is 3.12. The van der Waals surface area contributed by atoms with Gasteiger partial charge in [0, 0.05) is 12.2 Å². The number of hydrogen-bond acceptors (Lipinski definition) is 3. The second kappa shape index (κ2) is 4.99. The van der Waals surface area contributed by atoms with E-state index in [1.807, 2.05) is 6.20 Å². The number of piperidine rings is 1. The zero-order chi connectivity index (χ0) is 10.7. The summed E-state index contributed by atoms with van der Waals surface area (Å²) in [6, 6.07) is 4.94. The van der Waals surface area contributed by atoms with Gasteiger partial charge in [0.2, 0.25) is 0 Å². The summed E-state index contributed by atoms with van der Waals surface area (Å²) in [7, 11) is 2.21. The van der Waals surface area contributed by atoms with Crippen LogP contribution in [0.25, 0.3) is 0 Å². The number of pyridine rings is 1. The fraction of sp³-hybridized carbons (Fsp3) is 0.583.